The van der Waals surface area contributed by atoms with Gasteiger partial charge in [0, 0.05) is 35.8 Å². The van der Waals surface area contributed by atoms with Crippen molar-refractivity contribution in [1.29, 1.82) is 0 Å². The minimum atomic E-state index is -1.26. The molecule has 1 N–H and O–H groups in total. The maximum Gasteiger partial charge on any atom is 0.273 e. The second-order valence-corrected chi connectivity index (χ2v) is 11.5. The molecule has 1 fully saturated rings. The number of benzene rings is 1. The Labute approximate surface area is 224 Å². The number of pyridine rings is 1. The number of nitrogens with one attached hydrogen (secondary N) is 1. The lowest BCUT2D eigenvalue weighted by molar-refractivity contribution is 0.0945. The van der Waals surface area contributed by atoms with Crippen LogP contribution in [0.2, 0.25) is 0 Å². The Morgan fingerprint density at radius 2 is 2.11 bits per heavy atom. The van der Waals surface area contributed by atoms with Gasteiger partial charge in [-0.3, -0.25) is 9.78 Å². The second kappa shape index (κ2) is 11.5. The standard InChI is InChI=1S/C27H33FN6O3S/c1-6-38(36)33-13-7-8-20(33)17-37-24-15-29-12-11-21(24)22-10-9-19(18(2)25(22)28)14-30-26(35)23-16-34(32-31-23)27(3,4)5/h6,9-12,15-16,20H,1,7-8,13-14,17H2,2-5H3,(H,30,35). The summed E-state index contributed by atoms with van der Waals surface area (Å²) in [6.45, 7) is 12.4. The predicted octanol–water partition coefficient (Wildman–Crippen LogP) is 4.12. The highest BCUT2D eigenvalue weighted by Gasteiger charge is 2.29. The summed E-state index contributed by atoms with van der Waals surface area (Å²) in [5, 5.41) is 12.2. The Kier molecular flexibility index (Phi) is 8.37. The van der Waals surface area contributed by atoms with Gasteiger partial charge < -0.3 is 10.1 Å². The topological polar surface area (TPSA) is 102 Å². The maximum atomic E-state index is 15.6. The quantitative estimate of drug-likeness (QED) is 0.438. The van der Waals surface area contributed by atoms with E-state index in [0.717, 1.165) is 12.8 Å². The molecule has 202 valence electrons. The summed E-state index contributed by atoms with van der Waals surface area (Å²) < 4.78 is 37.4. The first-order chi connectivity index (χ1) is 18.1. The number of aromatic nitrogens is 4. The van der Waals surface area contributed by atoms with E-state index in [4.69, 9.17) is 4.74 Å². The van der Waals surface area contributed by atoms with Crippen molar-refractivity contribution in [2.45, 2.75) is 58.7 Å². The Bertz CT molecular complexity index is 1350. The number of amides is 1. The van der Waals surface area contributed by atoms with Gasteiger partial charge in [0.1, 0.15) is 29.2 Å². The summed E-state index contributed by atoms with van der Waals surface area (Å²) in [7, 11) is -1.26. The van der Waals surface area contributed by atoms with Crippen molar-refractivity contribution >= 4 is 16.9 Å². The van der Waals surface area contributed by atoms with Crippen LogP contribution in [0.4, 0.5) is 4.39 Å². The fourth-order valence-corrected chi connectivity index (χ4v) is 5.26. The zero-order chi connectivity index (χ0) is 27.4. The van der Waals surface area contributed by atoms with Crippen molar-refractivity contribution in [2.24, 2.45) is 0 Å². The van der Waals surface area contributed by atoms with Crippen molar-refractivity contribution in [3.63, 3.8) is 0 Å². The van der Waals surface area contributed by atoms with E-state index in [1.165, 1.54) is 5.41 Å². The lowest BCUT2D eigenvalue weighted by atomic mass is 9.98. The van der Waals surface area contributed by atoms with Crippen LogP contribution in [-0.2, 0) is 23.1 Å². The molecule has 1 aliphatic heterocycles. The van der Waals surface area contributed by atoms with Crippen molar-refractivity contribution in [3.05, 3.63) is 71.4 Å². The van der Waals surface area contributed by atoms with Crippen LogP contribution in [-0.4, -0.2) is 53.6 Å². The van der Waals surface area contributed by atoms with Gasteiger partial charge in [0.2, 0.25) is 0 Å². The summed E-state index contributed by atoms with van der Waals surface area (Å²) >= 11 is 0. The number of rotatable bonds is 9. The highest BCUT2D eigenvalue weighted by Crippen LogP contribution is 2.34. The zero-order valence-corrected chi connectivity index (χ0v) is 22.9. The molecule has 0 aliphatic carbocycles. The monoisotopic (exact) mass is 540 g/mol. The predicted molar refractivity (Wildman–Crippen MR) is 144 cm³/mol. The van der Waals surface area contributed by atoms with Crippen LogP contribution in [0.5, 0.6) is 5.75 Å². The first-order valence-corrected chi connectivity index (χ1v) is 13.6. The molecule has 38 heavy (non-hydrogen) atoms. The first kappa shape index (κ1) is 27.6. The molecule has 3 aromatic rings. The number of carbonyl (C=O) groups is 1. The lowest BCUT2D eigenvalue weighted by Crippen LogP contribution is -2.34. The molecule has 1 amide bonds. The molecule has 1 aromatic carbocycles. The average Bonchev–Trinajstić information content (AvgIpc) is 3.58. The third-order valence-corrected chi connectivity index (χ3v) is 7.78. The highest BCUT2D eigenvalue weighted by molar-refractivity contribution is 7.85. The van der Waals surface area contributed by atoms with Crippen LogP contribution < -0.4 is 10.1 Å². The Morgan fingerprint density at radius 3 is 2.82 bits per heavy atom. The molecular formula is C27H33FN6O3S. The molecule has 0 spiro atoms. The molecule has 2 aromatic heterocycles. The average molecular weight is 541 g/mol. The fourth-order valence-electron chi connectivity index (χ4n) is 4.30. The molecule has 2 unspecified atom stereocenters. The van der Waals surface area contributed by atoms with Gasteiger partial charge in [-0.15, -0.1) is 5.10 Å². The molecule has 1 aliphatic rings. The molecule has 4 rings (SSSR count). The Morgan fingerprint density at radius 1 is 1.32 bits per heavy atom. The minimum Gasteiger partial charge on any atom is -0.490 e. The SMILES string of the molecule is C=CS(=O)N1CCCC1COc1cnccc1-c1ccc(CNC(=O)c2cn(C(C)(C)C)nn2)c(C)c1F. The third-order valence-electron chi connectivity index (χ3n) is 6.55. The first-order valence-electron chi connectivity index (χ1n) is 12.5. The summed E-state index contributed by atoms with van der Waals surface area (Å²) in [5.74, 6) is -0.334. The Hall–Kier alpha value is -3.44. The van der Waals surface area contributed by atoms with Gasteiger partial charge in [-0.1, -0.05) is 23.9 Å². The molecule has 1 saturated heterocycles. The number of ether oxygens (including phenoxy) is 1. The van der Waals surface area contributed by atoms with E-state index in [1.807, 2.05) is 25.1 Å². The van der Waals surface area contributed by atoms with Gasteiger partial charge >= 0.3 is 0 Å². The molecule has 11 heteroatoms. The highest BCUT2D eigenvalue weighted by atomic mass is 32.2. The van der Waals surface area contributed by atoms with E-state index in [0.29, 0.717) is 41.2 Å². The molecule has 0 radical (unpaired) electrons. The molecule has 0 saturated carbocycles. The summed E-state index contributed by atoms with van der Waals surface area (Å²) in [4.78, 5) is 16.7. The van der Waals surface area contributed by atoms with Gasteiger partial charge in [0.25, 0.3) is 5.91 Å². The van der Waals surface area contributed by atoms with E-state index in [2.05, 4.69) is 27.2 Å². The molecular weight excluding hydrogens is 507 g/mol. The lowest BCUT2D eigenvalue weighted by Gasteiger charge is -2.22. The smallest absolute Gasteiger partial charge is 0.273 e. The third kappa shape index (κ3) is 5.99. The number of hydrogen-bond acceptors (Lipinski definition) is 6. The van der Waals surface area contributed by atoms with E-state index < -0.39 is 16.8 Å². The van der Waals surface area contributed by atoms with Gasteiger partial charge in [0.15, 0.2) is 5.69 Å². The van der Waals surface area contributed by atoms with E-state index in [9.17, 15) is 9.00 Å². The number of carbonyl (C=O) groups excluding carboxylic acids is 1. The second-order valence-electron chi connectivity index (χ2n) is 10.2. The fraction of sp³-hybridized carbons (Fsp3) is 0.407. The van der Waals surface area contributed by atoms with Gasteiger partial charge in [0.05, 0.1) is 24.0 Å². The van der Waals surface area contributed by atoms with E-state index >= 15 is 4.39 Å². The van der Waals surface area contributed by atoms with Crippen LogP contribution in [0.15, 0.2) is 48.8 Å². The summed E-state index contributed by atoms with van der Waals surface area (Å²) in [6, 6.07) is 5.15. The summed E-state index contributed by atoms with van der Waals surface area (Å²) in [6.07, 6.45) is 6.53. The zero-order valence-electron chi connectivity index (χ0n) is 22.1. The maximum absolute atomic E-state index is 15.6. The van der Waals surface area contributed by atoms with Crippen molar-refractivity contribution in [3.8, 4) is 16.9 Å². The van der Waals surface area contributed by atoms with Gasteiger partial charge in [-0.25, -0.2) is 17.6 Å². The van der Waals surface area contributed by atoms with E-state index in [-0.39, 0.29) is 29.7 Å². The number of nitrogens with zero attached hydrogens (tertiary/aromatic N) is 5. The van der Waals surface area contributed by atoms with Gasteiger partial charge in [-0.05, 0) is 57.7 Å². The van der Waals surface area contributed by atoms with E-state index in [1.54, 1.807) is 48.4 Å². The molecule has 9 nitrogen and oxygen atoms in total. The van der Waals surface area contributed by atoms with Crippen molar-refractivity contribution in [2.75, 3.05) is 13.2 Å². The van der Waals surface area contributed by atoms with Crippen LogP contribution in [0.1, 0.15) is 55.2 Å². The molecule has 0 bridgehead atoms. The van der Waals surface area contributed by atoms with Crippen LogP contribution in [0.3, 0.4) is 0 Å². The largest absolute Gasteiger partial charge is 0.490 e. The normalized spacial score (nSPS) is 16.8. The number of halogens is 1. The van der Waals surface area contributed by atoms with Crippen molar-refractivity contribution < 1.29 is 18.1 Å². The number of hydrogen-bond donors (Lipinski definition) is 1. The van der Waals surface area contributed by atoms with Crippen molar-refractivity contribution in [1.82, 2.24) is 29.6 Å². The summed E-state index contributed by atoms with van der Waals surface area (Å²) in [5.41, 5.74) is 1.92. The van der Waals surface area contributed by atoms with Gasteiger partial charge in [-0.2, -0.15) is 0 Å². The molecule has 2 atom stereocenters. The minimum absolute atomic E-state index is 0.0237. The van der Waals surface area contributed by atoms with Crippen LogP contribution in [0.25, 0.3) is 11.1 Å². The Balaban J connectivity index is 1.47. The van der Waals surface area contributed by atoms with Crippen LogP contribution in [0, 0.1) is 12.7 Å². The molecule has 3 heterocycles. The van der Waals surface area contributed by atoms with Crippen LogP contribution >= 0.6 is 0 Å².